The van der Waals surface area contributed by atoms with Gasteiger partial charge in [-0.1, -0.05) is 29.8 Å². The van der Waals surface area contributed by atoms with E-state index in [1.807, 2.05) is 36.5 Å². The van der Waals surface area contributed by atoms with Gasteiger partial charge in [0.25, 0.3) is 0 Å². The molecule has 0 amide bonds. The number of fused-ring (bicyclic) bond motifs is 1. The first-order valence-electron chi connectivity index (χ1n) is 9.88. The Balaban J connectivity index is 1.60. The molecule has 0 radical (unpaired) electrons. The molecule has 0 saturated heterocycles. The zero-order valence-corrected chi connectivity index (χ0v) is 16.6. The number of rotatable bonds is 8. The second-order valence-electron chi connectivity index (χ2n) is 7.53. The van der Waals surface area contributed by atoms with Gasteiger partial charge in [-0.2, -0.15) is 0 Å². The van der Waals surface area contributed by atoms with E-state index in [1.165, 1.54) is 12.8 Å². The van der Waals surface area contributed by atoms with Crippen molar-refractivity contribution in [1.29, 1.82) is 0 Å². The van der Waals surface area contributed by atoms with Gasteiger partial charge < -0.3 is 15.0 Å². The summed E-state index contributed by atoms with van der Waals surface area (Å²) in [5.41, 5.74) is 4.15. The number of halogens is 1. The molecule has 1 saturated carbocycles. The van der Waals surface area contributed by atoms with Gasteiger partial charge >= 0.3 is 0 Å². The van der Waals surface area contributed by atoms with Crippen LogP contribution in [0.2, 0.25) is 5.02 Å². The molecule has 4 rings (SSSR count). The van der Waals surface area contributed by atoms with Crippen LogP contribution >= 0.6 is 11.6 Å². The minimum Gasteiger partial charge on any atom is -0.396 e. The second-order valence-corrected chi connectivity index (χ2v) is 7.97. The molecule has 0 spiro atoms. The average molecular weight is 397 g/mol. The first-order chi connectivity index (χ1) is 13.7. The quantitative estimate of drug-likeness (QED) is 0.599. The Morgan fingerprint density at radius 1 is 1.07 bits per heavy atom. The highest BCUT2D eigenvalue weighted by Gasteiger charge is 2.25. The Bertz CT molecular complexity index is 1020. The van der Waals surface area contributed by atoms with Crippen molar-refractivity contribution in [1.82, 2.24) is 9.88 Å². The molecular weight excluding hydrogens is 372 g/mol. The fraction of sp³-hybridized carbons (Fsp3) is 0.348. The van der Waals surface area contributed by atoms with Crippen LogP contribution in [0.5, 0.6) is 0 Å². The molecule has 1 aliphatic rings. The molecule has 146 valence electrons. The number of hydrogen-bond acceptors (Lipinski definition) is 3. The smallest absolute Gasteiger partial charge is 0.193 e. The summed E-state index contributed by atoms with van der Waals surface area (Å²) in [4.78, 5) is 13.1. The van der Waals surface area contributed by atoms with Gasteiger partial charge in [0, 0.05) is 47.9 Å². The summed E-state index contributed by atoms with van der Waals surface area (Å²) in [5.74, 6) is 0. The summed E-state index contributed by atoms with van der Waals surface area (Å²) >= 11 is 5.94. The molecule has 2 aromatic carbocycles. The van der Waals surface area contributed by atoms with Crippen molar-refractivity contribution in [3.8, 4) is 0 Å². The first-order valence-corrected chi connectivity index (χ1v) is 10.3. The van der Waals surface area contributed by atoms with Gasteiger partial charge in [-0.25, -0.2) is 0 Å². The third-order valence-corrected chi connectivity index (χ3v) is 5.54. The molecule has 0 unspecified atom stereocenters. The lowest BCUT2D eigenvalue weighted by Crippen LogP contribution is -2.21. The molecule has 1 fully saturated rings. The number of nitrogens with one attached hydrogen (secondary N) is 1. The first kappa shape index (κ1) is 19.2. The Hall–Kier alpha value is -2.14. The summed E-state index contributed by atoms with van der Waals surface area (Å²) in [5, 5.41) is 14.0. The third kappa shape index (κ3) is 4.30. The number of aliphatic hydroxyl groups is 1. The van der Waals surface area contributed by atoms with Gasteiger partial charge in [0.15, 0.2) is 5.43 Å². The van der Waals surface area contributed by atoms with Gasteiger partial charge in [-0.05, 0) is 61.1 Å². The van der Waals surface area contributed by atoms with Crippen molar-refractivity contribution in [2.24, 2.45) is 0 Å². The third-order valence-electron chi connectivity index (χ3n) is 5.29. The Labute approximate surface area is 169 Å². The zero-order valence-electron chi connectivity index (χ0n) is 15.8. The van der Waals surface area contributed by atoms with Crippen LogP contribution in [0, 0.1) is 0 Å². The Kier molecular flexibility index (Phi) is 5.81. The van der Waals surface area contributed by atoms with E-state index in [1.54, 1.807) is 0 Å². The number of hydrogen-bond donors (Lipinski definition) is 2. The fourth-order valence-electron chi connectivity index (χ4n) is 3.62. The number of aliphatic hydroxyl groups excluding tert-OH is 1. The molecule has 0 bridgehead atoms. The summed E-state index contributed by atoms with van der Waals surface area (Å²) in [6.45, 7) is 1.39. The maximum absolute atomic E-state index is 13.1. The summed E-state index contributed by atoms with van der Waals surface area (Å²) < 4.78 is 2.27. The van der Waals surface area contributed by atoms with Gasteiger partial charge in [-0.15, -0.1) is 0 Å². The van der Waals surface area contributed by atoms with Crippen LogP contribution in [0.25, 0.3) is 10.9 Å². The molecule has 0 atom stereocenters. The van der Waals surface area contributed by atoms with Crippen LogP contribution in [0.4, 0.5) is 0 Å². The lowest BCUT2D eigenvalue weighted by molar-refractivity contribution is 0.288. The van der Waals surface area contributed by atoms with E-state index < -0.39 is 0 Å². The molecule has 1 aromatic heterocycles. The van der Waals surface area contributed by atoms with E-state index in [4.69, 9.17) is 16.7 Å². The van der Waals surface area contributed by atoms with Crippen LogP contribution in [0.1, 0.15) is 42.0 Å². The van der Waals surface area contributed by atoms with Crippen molar-refractivity contribution in [2.75, 3.05) is 6.61 Å². The predicted molar refractivity (Wildman–Crippen MR) is 114 cm³/mol. The Morgan fingerprint density at radius 2 is 1.82 bits per heavy atom. The number of aryl methyl sites for hydroxylation is 1. The van der Waals surface area contributed by atoms with E-state index in [0.717, 1.165) is 39.0 Å². The zero-order chi connectivity index (χ0) is 19.5. The highest BCUT2D eigenvalue weighted by Crippen LogP contribution is 2.37. The second kappa shape index (κ2) is 8.48. The van der Waals surface area contributed by atoms with E-state index in [9.17, 15) is 4.79 Å². The van der Waals surface area contributed by atoms with Crippen molar-refractivity contribution >= 4 is 22.5 Å². The van der Waals surface area contributed by atoms with Crippen LogP contribution in [0.15, 0.2) is 53.5 Å². The summed E-state index contributed by atoms with van der Waals surface area (Å²) in [6.07, 6.45) is 5.87. The molecule has 28 heavy (non-hydrogen) atoms. The molecular formula is C23H25ClN2O2. The van der Waals surface area contributed by atoms with Crippen LogP contribution < -0.4 is 10.7 Å². The molecule has 3 aromatic rings. The van der Waals surface area contributed by atoms with E-state index in [0.29, 0.717) is 25.6 Å². The van der Waals surface area contributed by atoms with Gasteiger partial charge in [0.05, 0.1) is 5.52 Å². The normalized spacial score (nSPS) is 13.9. The molecule has 2 N–H and O–H groups in total. The number of benzene rings is 2. The largest absolute Gasteiger partial charge is 0.396 e. The standard InChI is InChI=1S/C23H25ClN2O2/c24-19-6-3-17(4-7-19)13-25-14-18-15-26(20-8-9-20)22-10-5-16(2-1-11-27)12-21(22)23(18)28/h3-7,10,12,15,20,25,27H,1-2,8-9,11,13-14H2. The maximum Gasteiger partial charge on any atom is 0.193 e. The van der Waals surface area contributed by atoms with Gasteiger partial charge in [-0.3, -0.25) is 4.79 Å². The SMILES string of the molecule is O=c1c(CNCc2ccc(Cl)cc2)cn(C2CC2)c2ccc(CCCO)cc12. The Morgan fingerprint density at radius 3 is 2.54 bits per heavy atom. The molecule has 1 aliphatic carbocycles. The monoisotopic (exact) mass is 396 g/mol. The van der Waals surface area contributed by atoms with Crippen LogP contribution in [-0.4, -0.2) is 16.3 Å². The lowest BCUT2D eigenvalue weighted by Gasteiger charge is -2.14. The van der Waals surface area contributed by atoms with Crippen molar-refractivity contribution < 1.29 is 5.11 Å². The maximum atomic E-state index is 13.1. The van der Waals surface area contributed by atoms with Crippen molar-refractivity contribution in [2.45, 2.75) is 44.8 Å². The van der Waals surface area contributed by atoms with Gasteiger partial charge in [0.2, 0.25) is 0 Å². The van der Waals surface area contributed by atoms with Gasteiger partial charge in [0.1, 0.15) is 0 Å². The molecule has 1 heterocycles. The minimum absolute atomic E-state index is 0.0985. The average Bonchev–Trinajstić information content (AvgIpc) is 3.55. The minimum atomic E-state index is 0.0985. The molecule has 4 nitrogen and oxygen atoms in total. The lowest BCUT2D eigenvalue weighted by atomic mass is 10.0. The number of aromatic nitrogens is 1. The molecule has 0 aliphatic heterocycles. The van der Waals surface area contributed by atoms with E-state index in [-0.39, 0.29) is 12.0 Å². The fourth-order valence-corrected chi connectivity index (χ4v) is 3.75. The number of nitrogens with zero attached hydrogens (tertiary/aromatic N) is 1. The van der Waals surface area contributed by atoms with Crippen molar-refractivity contribution in [3.05, 3.63) is 80.6 Å². The summed E-state index contributed by atoms with van der Waals surface area (Å²) in [7, 11) is 0. The van der Waals surface area contributed by atoms with Crippen LogP contribution in [-0.2, 0) is 19.5 Å². The topological polar surface area (TPSA) is 54.3 Å². The number of pyridine rings is 1. The van der Waals surface area contributed by atoms with E-state index in [2.05, 4.69) is 22.0 Å². The van der Waals surface area contributed by atoms with E-state index >= 15 is 0 Å². The molecule has 5 heteroatoms. The van der Waals surface area contributed by atoms with Crippen LogP contribution in [0.3, 0.4) is 0 Å². The van der Waals surface area contributed by atoms with Crippen molar-refractivity contribution in [3.63, 3.8) is 0 Å². The predicted octanol–water partition coefficient (Wildman–Crippen LogP) is 4.20. The highest BCUT2D eigenvalue weighted by molar-refractivity contribution is 6.30. The highest BCUT2D eigenvalue weighted by atomic mass is 35.5. The summed E-state index contributed by atoms with van der Waals surface area (Å²) in [6, 6.07) is 14.4.